The molecule has 2 N–H and O–H groups in total. The van der Waals surface area contributed by atoms with Gasteiger partial charge in [0.1, 0.15) is 23.4 Å². The van der Waals surface area contributed by atoms with Crippen LogP contribution in [0.25, 0.3) is 0 Å². The molecule has 1 aliphatic heterocycles. The predicted molar refractivity (Wildman–Crippen MR) is 110 cm³/mol. The second-order valence-electron chi connectivity index (χ2n) is 7.87. The van der Waals surface area contributed by atoms with E-state index in [1.165, 1.54) is 7.11 Å². The molecule has 0 saturated heterocycles. The van der Waals surface area contributed by atoms with Gasteiger partial charge in [-0.2, -0.15) is 0 Å². The molecule has 5 nitrogen and oxygen atoms in total. The summed E-state index contributed by atoms with van der Waals surface area (Å²) in [6, 6.07) is 25.7. The third-order valence-corrected chi connectivity index (χ3v) is 6.53. The highest BCUT2D eigenvalue weighted by Gasteiger charge is 2.75. The van der Waals surface area contributed by atoms with Crippen LogP contribution in [0.5, 0.6) is 5.75 Å². The van der Waals surface area contributed by atoms with Gasteiger partial charge in [0.15, 0.2) is 5.60 Å². The zero-order valence-electron chi connectivity index (χ0n) is 16.4. The van der Waals surface area contributed by atoms with Gasteiger partial charge in [-0.1, -0.05) is 78.9 Å². The minimum Gasteiger partial charge on any atom is -0.479 e. The molecule has 0 spiro atoms. The van der Waals surface area contributed by atoms with Crippen LogP contribution in [0.15, 0.2) is 84.9 Å². The first-order chi connectivity index (χ1) is 14.5. The molecule has 152 valence electrons. The van der Waals surface area contributed by atoms with Crippen LogP contribution in [-0.2, 0) is 20.7 Å². The van der Waals surface area contributed by atoms with E-state index in [0.29, 0.717) is 16.9 Å². The molecule has 3 aromatic rings. The first-order valence-corrected chi connectivity index (χ1v) is 9.92. The Hall–Kier alpha value is -3.15. The molecule has 5 atom stereocenters. The molecule has 0 radical (unpaired) electrons. The molecule has 1 saturated carbocycles. The highest BCUT2D eigenvalue weighted by Crippen LogP contribution is 2.66. The number of carbonyl (C=O) groups excluding carboxylic acids is 1. The van der Waals surface area contributed by atoms with Crippen LogP contribution < -0.4 is 4.74 Å². The van der Waals surface area contributed by atoms with Crippen molar-refractivity contribution in [2.24, 2.45) is 5.92 Å². The molecule has 1 heterocycles. The topological polar surface area (TPSA) is 76.0 Å². The maximum Gasteiger partial charge on any atom is 0.312 e. The van der Waals surface area contributed by atoms with E-state index < -0.39 is 35.1 Å². The van der Waals surface area contributed by atoms with Crippen molar-refractivity contribution >= 4 is 5.97 Å². The summed E-state index contributed by atoms with van der Waals surface area (Å²) in [7, 11) is 1.30. The summed E-state index contributed by atoms with van der Waals surface area (Å²) in [5, 5.41) is 23.7. The number of aliphatic hydroxyl groups is 2. The lowest BCUT2D eigenvalue weighted by Gasteiger charge is -2.44. The molecule has 2 bridgehead atoms. The number of carbonyl (C=O) groups is 1. The van der Waals surface area contributed by atoms with Gasteiger partial charge in [-0.3, -0.25) is 4.79 Å². The third-order valence-electron chi connectivity index (χ3n) is 6.53. The van der Waals surface area contributed by atoms with Gasteiger partial charge in [-0.25, -0.2) is 0 Å². The number of benzene rings is 3. The highest BCUT2D eigenvalue weighted by atomic mass is 16.5. The normalized spacial score (nSPS) is 31.5. The van der Waals surface area contributed by atoms with Gasteiger partial charge in [0, 0.05) is 11.5 Å². The fraction of sp³-hybridized carbons (Fsp3) is 0.240. The largest absolute Gasteiger partial charge is 0.479 e. The van der Waals surface area contributed by atoms with Crippen LogP contribution in [-0.4, -0.2) is 29.4 Å². The van der Waals surface area contributed by atoms with E-state index in [2.05, 4.69) is 0 Å². The Kier molecular flexibility index (Phi) is 4.20. The Bertz CT molecular complexity index is 1080. The molecular weight excluding hydrogens is 380 g/mol. The average molecular weight is 402 g/mol. The van der Waals surface area contributed by atoms with Crippen LogP contribution >= 0.6 is 0 Å². The Morgan fingerprint density at radius 1 is 0.933 bits per heavy atom. The maximum atomic E-state index is 13.1. The molecule has 1 aliphatic carbocycles. The fourth-order valence-electron chi connectivity index (χ4n) is 5.31. The zero-order chi connectivity index (χ0) is 20.9. The van der Waals surface area contributed by atoms with E-state index in [4.69, 9.17) is 9.47 Å². The lowest BCUT2D eigenvalue weighted by molar-refractivity contribution is -0.172. The minimum atomic E-state index is -1.88. The molecule has 1 fully saturated rings. The number of esters is 1. The zero-order valence-corrected chi connectivity index (χ0v) is 16.4. The Morgan fingerprint density at radius 2 is 1.53 bits per heavy atom. The third kappa shape index (κ3) is 2.27. The maximum absolute atomic E-state index is 13.1. The number of rotatable bonds is 3. The number of ether oxygens (including phenoxy) is 2. The fourth-order valence-corrected chi connectivity index (χ4v) is 5.31. The van der Waals surface area contributed by atoms with Crippen molar-refractivity contribution < 1.29 is 24.5 Å². The standard InChI is InChI=1S/C25H22O5/c1-29-22(26)21-20(16-10-4-2-5-11-16)25(17-12-6-3-7-13-17)23(27)24(21,28)18-14-8-9-15-19(18)30-25/h2-15,20-21,23,27-28H,1H3/t20-,21+,23-,24+,25+/m1/s1. The van der Waals surface area contributed by atoms with Crippen molar-refractivity contribution in [3.63, 3.8) is 0 Å². The first-order valence-electron chi connectivity index (χ1n) is 9.92. The van der Waals surface area contributed by atoms with Crippen molar-refractivity contribution in [1.29, 1.82) is 0 Å². The lowest BCUT2D eigenvalue weighted by atomic mass is 9.75. The van der Waals surface area contributed by atoms with Gasteiger partial charge in [0.25, 0.3) is 0 Å². The lowest BCUT2D eigenvalue weighted by Crippen LogP contribution is -2.54. The van der Waals surface area contributed by atoms with Crippen LogP contribution in [0.2, 0.25) is 0 Å². The van der Waals surface area contributed by atoms with Gasteiger partial charge in [0.2, 0.25) is 0 Å². The SMILES string of the molecule is COC(=O)[C@@H]1[C@@H](c2ccccc2)[C@]2(c3ccccc3)Oc3ccccc3[C@@]1(O)[C@H]2O. The molecule has 0 unspecified atom stereocenters. The average Bonchev–Trinajstić information content (AvgIpc) is 2.93. The highest BCUT2D eigenvalue weighted by molar-refractivity contribution is 5.79. The number of hydrogen-bond donors (Lipinski definition) is 2. The number of aliphatic hydroxyl groups excluding tert-OH is 1. The summed E-state index contributed by atoms with van der Waals surface area (Å²) < 4.78 is 11.7. The Labute approximate surface area is 174 Å². The number of hydrogen-bond acceptors (Lipinski definition) is 5. The Balaban J connectivity index is 1.88. The van der Waals surface area contributed by atoms with E-state index in [1.807, 2.05) is 66.7 Å². The van der Waals surface area contributed by atoms with Gasteiger partial charge in [-0.15, -0.1) is 0 Å². The van der Waals surface area contributed by atoms with Crippen molar-refractivity contribution in [2.45, 2.75) is 23.2 Å². The monoisotopic (exact) mass is 402 g/mol. The first kappa shape index (κ1) is 18.9. The van der Waals surface area contributed by atoms with E-state index in [9.17, 15) is 15.0 Å². The van der Waals surface area contributed by atoms with E-state index in [1.54, 1.807) is 18.2 Å². The van der Waals surface area contributed by atoms with Crippen LogP contribution in [0, 0.1) is 5.92 Å². The summed E-state index contributed by atoms with van der Waals surface area (Å²) in [4.78, 5) is 13.1. The summed E-state index contributed by atoms with van der Waals surface area (Å²) in [6.07, 6.45) is -1.39. The molecule has 0 aromatic heterocycles. The summed E-state index contributed by atoms with van der Waals surface area (Å²) >= 11 is 0. The van der Waals surface area contributed by atoms with Crippen LogP contribution in [0.3, 0.4) is 0 Å². The minimum absolute atomic E-state index is 0.387. The van der Waals surface area contributed by atoms with E-state index in [-0.39, 0.29) is 0 Å². The van der Waals surface area contributed by atoms with Gasteiger partial charge in [0.05, 0.1) is 7.11 Å². The van der Waals surface area contributed by atoms with Gasteiger partial charge >= 0.3 is 5.97 Å². The van der Waals surface area contributed by atoms with Crippen LogP contribution in [0.1, 0.15) is 22.6 Å². The van der Waals surface area contributed by atoms with Crippen LogP contribution in [0.4, 0.5) is 0 Å². The Morgan fingerprint density at radius 3 is 2.20 bits per heavy atom. The second-order valence-corrected chi connectivity index (χ2v) is 7.87. The number of fused-ring (bicyclic) bond motifs is 4. The molecule has 30 heavy (non-hydrogen) atoms. The number of methoxy groups -OCH3 is 1. The molecule has 2 aliphatic rings. The van der Waals surface area contributed by atoms with Crippen molar-refractivity contribution in [2.75, 3.05) is 7.11 Å². The molecule has 5 heteroatoms. The molecule has 5 rings (SSSR count). The summed E-state index contributed by atoms with van der Waals surface area (Å²) in [5.41, 5.74) is -1.40. The van der Waals surface area contributed by atoms with E-state index in [0.717, 1.165) is 5.56 Å². The van der Waals surface area contributed by atoms with E-state index >= 15 is 0 Å². The predicted octanol–water partition coefficient (Wildman–Crippen LogP) is 3.11. The quantitative estimate of drug-likeness (QED) is 0.659. The van der Waals surface area contributed by atoms with Crippen molar-refractivity contribution in [1.82, 2.24) is 0 Å². The van der Waals surface area contributed by atoms with Crippen molar-refractivity contribution in [3.05, 3.63) is 102 Å². The van der Waals surface area contributed by atoms with Gasteiger partial charge < -0.3 is 19.7 Å². The van der Waals surface area contributed by atoms with Crippen molar-refractivity contribution in [3.8, 4) is 5.75 Å². The smallest absolute Gasteiger partial charge is 0.312 e. The number of para-hydroxylation sites is 1. The molecule has 3 aromatic carbocycles. The molecular formula is C25H22O5. The molecule has 0 amide bonds. The van der Waals surface area contributed by atoms with Gasteiger partial charge in [-0.05, 0) is 17.2 Å². The summed E-state index contributed by atoms with van der Waals surface area (Å²) in [5.74, 6) is -1.89. The second kappa shape index (κ2) is 6.69. The summed E-state index contributed by atoms with van der Waals surface area (Å²) in [6.45, 7) is 0.